The third-order valence-corrected chi connectivity index (χ3v) is 4.22. The third kappa shape index (κ3) is 3.46. The molecule has 1 fully saturated rings. The second-order valence-electron chi connectivity index (χ2n) is 5.73. The molecular weight excluding hydrogens is 277 g/mol. The Labute approximate surface area is 131 Å². The fraction of sp³-hybridized carbons (Fsp3) is 0.333. The summed E-state index contributed by atoms with van der Waals surface area (Å²) in [5.41, 5.74) is 9.31. The third-order valence-electron chi connectivity index (χ3n) is 4.22. The van der Waals surface area contributed by atoms with Crippen LogP contribution in [0.4, 0.5) is 10.1 Å². The molecule has 22 heavy (non-hydrogen) atoms. The van der Waals surface area contributed by atoms with Crippen LogP contribution in [-0.4, -0.2) is 31.1 Å². The number of hydrogen-bond acceptors (Lipinski definition) is 3. The van der Waals surface area contributed by atoms with Crippen LogP contribution in [0.2, 0.25) is 0 Å². The van der Waals surface area contributed by atoms with Crippen LogP contribution in [0, 0.1) is 5.82 Å². The Morgan fingerprint density at radius 2 is 1.73 bits per heavy atom. The number of halogens is 1. The van der Waals surface area contributed by atoms with Gasteiger partial charge in [-0.25, -0.2) is 4.39 Å². The molecule has 0 aromatic heterocycles. The second-order valence-corrected chi connectivity index (χ2v) is 5.73. The van der Waals surface area contributed by atoms with Gasteiger partial charge in [-0.05, 0) is 29.3 Å². The topological polar surface area (TPSA) is 32.5 Å². The number of nitrogens with two attached hydrogens (primary N) is 1. The van der Waals surface area contributed by atoms with Crippen molar-refractivity contribution in [1.29, 1.82) is 0 Å². The van der Waals surface area contributed by atoms with Crippen molar-refractivity contribution in [2.45, 2.75) is 13.1 Å². The summed E-state index contributed by atoms with van der Waals surface area (Å²) in [5.74, 6) is -0.159. The standard InChI is InChI=1S/C18H22FN3/c19-17-6-3-4-15(12-17)14-21-8-10-22(11-9-21)18-7-2-1-5-16(18)13-20/h1-7,12H,8-11,13-14,20H2. The first-order valence-electron chi connectivity index (χ1n) is 7.76. The van der Waals surface area contributed by atoms with Crippen LogP contribution in [0.1, 0.15) is 11.1 Å². The molecule has 3 rings (SSSR count). The first kappa shape index (κ1) is 15.0. The molecule has 0 aliphatic carbocycles. The lowest BCUT2D eigenvalue weighted by Gasteiger charge is -2.37. The SMILES string of the molecule is NCc1ccccc1N1CCN(Cc2cccc(F)c2)CC1. The van der Waals surface area contributed by atoms with Crippen LogP contribution < -0.4 is 10.6 Å². The Kier molecular flexibility index (Phi) is 4.71. The number of para-hydroxylation sites is 1. The summed E-state index contributed by atoms with van der Waals surface area (Å²) in [6, 6.07) is 15.2. The maximum Gasteiger partial charge on any atom is 0.123 e. The van der Waals surface area contributed by atoms with Crippen molar-refractivity contribution in [1.82, 2.24) is 4.90 Å². The van der Waals surface area contributed by atoms with Crippen LogP contribution in [0.15, 0.2) is 48.5 Å². The summed E-state index contributed by atoms with van der Waals surface area (Å²) < 4.78 is 13.2. The minimum absolute atomic E-state index is 0.159. The van der Waals surface area contributed by atoms with Crippen molar-refractivity contribution in [3.8, 4) is 0 Å². The van der Waals surface area contributed by atoms with Gasteiger partial charge in [-0.3, -0.25) is 4.90 Å². The molecular formula is C18H22FN3. The molecule has 3 nitrogen and oxygen atoms in total. The van der Waals surface area contributed by atoms with Gasteiger partial charge in [-0.1, -0.05) is 30.3 Å². The zero-order valence-electron chi connectivity index (χ0n) is 12.7. The minimum Gasteiger partial charge on any atom is -0.369 e. The number of piperazine rings is 1. The lowest BCUT2D eigenvalue weighted by atomic mass is 10.1. The van der Waals surface area contributed by atoms with E-state index in [2.05, 4.69) is 28.0 Å². The molecule has 0 radical (unpaired) electrons. The number of rotatable bonds is 4. The van der Waals surface area contributed by atoms with E-state index in [-0.39, 0.29) is 5.82 Å². The molecule has 0 unspecified atom stereocenters. The molecule has 0 bridgehead atoms. The van der Waals surface area contributed by atoms with E-state index in [4.69, 9.17) is 5.73 Å². The molecule has 116 valence electrons. The van der Waals surface area contributed by atoms with E-state index in [0.717, 1.165) is 38.3 Å². The largest absolute Gasteiger partial charge is 0.369 e. The first-order valence-corrected chi connectivity index (χ1v) is 7.76. The van der Waals surface area contributed by atoms with E-state index in [1.807, 2.05) is 12.1 Å². The second kappa shape index (κ2) is 6.90. The van der Waals surface area contributed by atoms with Crippen LogP contribution in [0.3, 0.4) is 0 Å². The van der Waals surface area contributed by atoms with E-state index in [0.29, 0.717) is 6.54 Å². The zero-order valence-corrected chi connectivity index (χ0v) is 12.7. The van der Waals surface area contributed by atoms with Gasteiger partial charge in [0.2, 0.25) is 0 Å². The van der Waals surface area contributed by atoms with E-state index in [9.17, 15) is 4.39 Å². The smallest absolute Gasteiger partial charge is 0.123 e. The average Bonchev–Trinajstić information content (AvgIpc) is 2.56. The first-order chi connectivity index (χ1) is 10.8. The van der Waals surface area contributed by atoms with E-state index in [1.165, 1.54) is 17.3 Å². The van der Waals surface area contributed by atoms with Gasteiger partial charge in [-0.2, -0.15) is 0 Å². The normalized spacial score (nSPS) is 16.0. The van der Waals surface area contributed by atoms with Gasteiger partial charge in [0.15, 0.2) is 0 Å². The Morgan fingerprint density at radius 1 is 0.955 bits per heavy atom. The van der Waals surface area contributed by atoms with Gasteiger partial charge in [0.25, 0.3) is 0 Å². The molecule has 2 aromatic carbocycles. The van der Waals surface area contributed by atoms with Gasteiger partial charge in [0.1, 0.15) is 5.82 Å². The highest BCUT2D eigenvalue weighted by Gasteiger charge is 2.18. The molecule has 0 saturated carbocycles. The summed E-state index contributed by atoms with van der Waals surface area (Å²) >= 11 is 0. The Balaban J connectivity index is 1.60. The fourth-order valence-electron chi connectivity index (χ4n) is 3.03. The van der Waals surface area contributed by atoms with Gasteiger partial charge in [-0.15, -0.1) is 0 Å². The summed E-state index contributed by atoms with van der Waals surface area (Å²) in [7, 11) is 0. The monoisotopic (exact) mass is 299 g/mol. The van der Waals surface area contributed by atoms with Gasteiger partial charge in [0.05, 0.1) is 0 Å². The Morgan fingerprint density at radius 3 is 2.45 bits per heavy atom. The summed E-state index contributed by atoms with van der Waals surface area (Å²) in [4.78, 5) is 4.76. The molecule has 1 saturated heterocycles. The van der Waals surface area contributed by atoms with Crippen LogP contribution in [0.5, 0.6) is 0 Å². The van der Waals surface area contributed by atoms with Gasteiger partial charge >= 0.3 is 0 Å². The van der Waals surface area contributed by atoms with Crippen molar-refractivity contribution >= 4 is 5.69 Å². The van der Waals surface area contributed by atoms with Crippen molar-refractivity contribution in [3.63, 3.8) is 0 Å². The van der Waals surface area contributed by atoms with Crippen LogP contribution in [0.25, 0.3) is 0 Å². The zero-order chi connectivity index (χ0) is 15.4. The van der Waals surface area contributed by atoms with E-state index in [1.54, 1.807) is 12.1 Å². The maximum absolute atomic E-state index is 13.2. The number of hydrogen-bond donors (Lipinski definition) is 1. The molecule has 2 aromatic rings. The summed E-state index contributed by atoms with van der Waals surface area (Å²) in [6.07, 6.45) is 0. The summed E-state index contributed by atoms with van der Waals surface area (Å²) in [6.45, 7) is 5.30. The molecule has 2 N–H and O–H groups in total. The average molecular weight is 299 g/mol. The van der Waals surface area contributed by atoms with E-state index >= 15 is 0 Å². The molecule has 4 heteroatoms. The maximum atomic E-state index is 13.2. The predicted molar refractivity (Wildman–Crippen MR) is 88.2 cm³/mol. The highest BCUT2D eigenvalue weighted by molar-refractivity contribution is 5.54. The highest BCUT2D eigenvalue weighted by Crippen LogP contribution is 2.22. The Bertz CT molecular complexity index is 621. The number of nitrogens with zero attached hydrogens (tertiary/aromatic N) is 2. The molecule has 1 aliphatic rings. The minimum atomic E-state index is -0.159. The molecule has 1 aliphatic heterocycles. The lowest BCUT2D eigenvalue weighted by molar-refractivity contribution is 0.249. The van der Waals surface area contributed by atoms with E-state index < -0.39 is 0 Å². The quantitative estimate of drug-likeness (QED) is 0.942. The summed E-state index contributed by atoms with van der Waals surface area (Å²) in [5, 5.41) is 0. The fourth-order valence-corrected chi connectivity index (χ4v) is 3.03. The lowest BCUT2D eigenvalue weighted by Crippen LogP contribution is -2.46. The van der Waals surface area contributed by atoms with Crippen molar-refractivity contribution in [2.75, 3.05) is 31.1 Å². The molecule has 1 heterocycles. The van der Waals surface area contributed by atoms with Crippen molar-refractivity contribution < 1.29 is 4.39 Å². The van der Waals surface area contributed by atoms with Crippen molar-refractivity contribution in [2.24, 2.45) is 5.73 Å². The molecule has 0 spiro atoms. The van der Waals surface area contributed by atoms with Gasteiger partial charge in [0, 0.05) is 45.0 Å². The highest BCUT2D eigenvalue weighted by atomic mass is 19.1. The van der Waals surface area contributed by atoms with Crippen molar-refractivity contribution in [3.05, 3.63) is 65.5 Å². The Hall–Kier alpha value is -1.91. The van der Waals surface area contributed by atoms with Crippen LogP contribution in [-0.2, 0) is 13.1 Å². The predicted octanol–water partition coefficient (Wildman–Crippen LogP) is 2.61. The molecule has 0 atom stereocenters. The van der Waals surface area contributed by atoms with Gasteiger partial charge < -0.3 is 10.6 Å². The number of anilines is 1. The number of benzene rings is 2. The molecule has 0 amide bonds. The van der Waals surface area contributed by atoms with Crippen LogP contribution >= 0.6 is 0 Å².